The average Bonchev–Trinajstić information content (AvgIpc) is 2.90. The summed E-state index contributed by atoms with van der Waals surface area (Å²) in [6.45, 7) is 2.76. The summed E-state index contributed by atoms with van der Waals surface area (Å²) >= 11 is 0. The van der Waals surface area contributed by atoms with Gasteiger partial charge in [-0.2, -0.15) is 9.61 Å². The minimum atomic E-state index is 0.404. The second kappa shape index (κ2) is 5.86. The second-order valence-corrected chi connectivity index (χ2v) is 4.99. The van der Waals surface area contributed by atoms with Gasteiger partial charge in [0.05, 0.1) is 12.4 Å². The van der Waals surface area contributed by atoms with Crippen molar-refractivity contribution in [2.75, 3.05) is 6.61 Å². The van der Waals surface area contributed by atoms with Crippen molar-refractivity contribution < 1.29 is 4.74 Å². The van der Waals surface area contributed by atoms with Crippen molar-refractivity contribution in [2.24, 2.45) is 5.92 Å². The van der Waals surface area contributed by atoms with E-state index in [0.717, 1.165) is 43.1 Å². The maximum absolute atomic E-state index is 5.58. The van der Waals surface area contributed by atoms with E-state index in [9.17, 15) is 0 Å². The Morgan fingerprint density at radius 1 is 1.40 bits per heavy atom. The van der Waals surface area contributed by atoms with Crippen molar-refractivity contribution in [3.8, 4) is 0 Å². The molecule has 0 radical (unpaired) electrons. The van der Waals surface area contributed by atoms with Crippen LogP contribution in [0.4, 0.5) is 0 Å². The molecule has 0 fully saturated rings. The molecular formula is C15H18N4O. The molecule has 0 N–H and O–H groups in total. The molecule has 3 heterocycles. The lowest BCUT2D eigenvalue weighted by atomic mass is 9.99. The van der Waals surface area contributed by atoms with Gasteiger partial charge in [0.25, 0.3) is 0 Å². The molecule has 0 saturated heterocycles. The van der Waals surface area contributed by atoms with Crippen molar-refractivity contribution in [3.63, 3.8) is 0 Å². The van der Waals surface area contributed by atoms with Crippen molar-refractivity contribution in [1.82, 2.24) is 19.8 Å². The zero-order chi connectivity index (χ0) is 13.8. The van der Waals surface area contributed by atoms with Gasteiger partial charge in [0.15, 0.2) is 11.5 Å². The molecular weight excluding hydrogens is 252 g/mol. The predicted molar refractivity (Wildman–Crippen MR) is 76.1 cm³/mol. The molecule has 1 aliphatic heterocycles. The minimum Gasteiger partial charge on any atom is -0.498 e. The normalized spacial score (nSPS) is 24.1. The highest BCUT2D eigenvalue weighted by Crippen LogP contribution is 2.17. The third kappa shape index (κ3) is 2.87. The van der Waals surface area contributed by atoms with Gasteiger partial charge in [0.2, 0.25) is 0 Å². The van der Waals surface area contributed by atoms with Gasteiger partial charge in [-0.1, -0.05) is 12.2 Å². The third-order valence-electron chi connectivity index (χ3n) is 3.42. The largest absolute Gasteiger partial charge is 0.498 e. The lowest BCUT2D eigenvalue weighted by Gasteiger charge is -2.08. The first-order valence-electron chi connectivity index (χ1n) is 6.94. The van der Waals surface area contributed by atoms with E-state index in [1.165, 1.54) is 0 Å². The van der Waals surface area contributed by atoms with Gasteiger partial charge in [-0.3, -0.25) is 0 Å². The molecule has 0 aliphatic carbocycles. The van der Waals surface area contributed by atoms with Crippen molar-refractivity contribution >= 4 is 5.65 Å². The van der Waals surface area contributed by atoms with Gasteiger partial charge in [0, 0.05) is 12.6 Å². The number of hydrogen-bond acceptors (Lipinski definition) is 4. The smallest absolute Gasteiger partial charge is 0.177 e. The first kappa shape index (κ1) is 12.8. The Balaban J connectivity index is 1.81. The maximum atomic E-state index is 5.58. The zero-order valence-electron chi connectivity index (χ0n) is 11.6. The fourth-order valence-electron chi connectivity index (χ4n) is 2.33. The number of allylic oxidation sites excluding steroid dienone is 3. The summed E-state index contributed by atoms with van der Waals surface area (Å²) in [5, 5.41) is 12.7. The van der Waals surface area contributed by atoms with E-state index < -0.39 is 0 Å². The summed E-state index contributed by atoms with van der Waals surface area (Å²) in [6, 6.07) is 3.79. The van der Waals surface area contributed by atoms with E-state index in [4.69, 9.17) is 4.74 Å². The van der Waals surface area contributed by atoms with E-state index in [0.29, 0.717) is 5.92 Å². The lowest BCUT2D eigenvalue weighted by molar-refractivity contribution is 0.219. The fourth-order valence-corrected chi connectivity index (χ4v) is 2.33. The van der Waals surface area contributed by atoms with Crippen molar-refractivity contribution in [2.45, 2.75) is 26.2 Å². The molecule has 1 unspecified atom stereocenters. The molecule has 2 aromatic rings. The quantitative estimate of drug-likeness (QED) is 0.787. The molecule has 1 aliphatic rings. The minimum absolute atomic E-state index is 0.404. The van der Waals surface area contributed by atoms with Crippen LogP contribution in [0.5, 0.6) is 0 Å². The van der Waals surface area contributed by atoms with E-state index in [1.807, 2.05) is 23.6 Å². The molecule has 0 bridgehead atoms. The Bertz CT molecular complexity index is 644. The van der Waals surface area contributed by atoms with Crippen molar-refractivity contribution in [1.29, 1.82) is 0 Å². The Kier molecular flexibility index (Phi) is 3.76. The number of fused-ring (bicyclic) bond motifs is 1. The van der Waals surface area contributed by atoms with Gasteiger partial charge in [0.1, 0.15) is 0 Å². The molecule has 3 rings (SSSR count). The fraction of sp³-hybridized carbons (Fsp3) is 0.400. The van der Waals surface area contributed by atoms with E-state index in [2.05, 4.69) is 33.5 Å². The average molecular weight is 270 g/mol. The predicted octanol–water partition coefficient (Wildman–Crippen LogP) is 2.55. The van der Waals surface area contributed by atoms with Crippen LogP contribution in [0, 0.1) is 5.92 Å². The first-order valence-corrected chi connectivity index (χ1v) is 6.94. The van der Waals surface area contributed by atoms with Crippen LogP contribution < -0.4 is 0 Å². The summed E-state index contributed by atoms with van der Waals surface area (Å²) in [4.78, 5) is 0. The number of rotatable bonds is 2. The summed E-state index contributed by atoms with van der Waals surface area (Å²) in [7, 11) is 0. The topological polar surface area (TPSA) is 52.3 Å². The highest BCUT2D eigenvalue weighted by molar-refractivity contribution is 5.34. The molecule has 5 heteroatoms. The molecule has 1 atom stereocenters. The summed E-state index contributed by atoms with van der Waals surface area (Å²) in [5.41, 5.74) is 0.796. The van der Waals surface area contributed by atoms with Crippen LogP contribution in [0.3, 0.4) is 0 Å². The molecule has 0 saturated carbocycles. The Morgan fingerprint density at radius 2 is 2.35 bits per heavy atom. The summed E-state index contributed by atoms with van der Waals surface area (Å²) in [6.07, 6.45) is 11.1. The first-order chi connectivity index (χ1) is 9.83. The van der Waals surface area contributed by atoms with Gasteiger partial charge < -0.3 is 4.74 Å². The number of aromatic nitrogens is 4. The van der Waals surface area contributed by atoms with Crippen LogP contribution in [0.2, 0.25) is 0 Å². The molecule has 0 aromatic carbocycles. The van der Waals surface area contributed by atoms with E-state index >= 15 is 0 Å². The van der Waals surface area contributed by atoms with E-state index in [-0.39, 0.29) is 0 Å². The SMILES string of the molecule is C/C1=C\CC(Cc2nnc3cccnn23)/C=C/CCO1. The highest BCUT2D eigenvalue weighted by atomic mass is 16.5. The molecule has 104 valence electrons. The molecule has 0 amide bonds. The van der Waals surface area contributed by atoms with Crippen LogP contribution >= 0.6 is 0 Å². The standard InChI is InChI=1S/C15H18N4O/c1-12-7-8-13(5-2-3-10-20-12)11-15-18-17-14-6-4-9-16-19(14)15/h2,4-7,9,13H,3,8,10-11H2,1H3/b5-2+,12-7+. The van der Waals surface area contributed by atoms with Gasteiger partial charge in [-0.25, -0.2) is 0 Å². The maximum Gasteiger partial charge on any atom is 0.177 e. The summed E-state index contributed by atoms with van der Waals surface area (Å²) < 4.78 is 7.39. The second-order valence-electron chi connectivity index (χ2n) is 4.99. The highest BCUT2D eigenvalue weighted by Gasteiger charge is 2.12. The molecule has 0 spiro atoms. The van der Waals surface area contributed by atoms with Crippen LogP contribution in [0.1, 0.15) is 25.6 Å². The van der Waals surface area contributed by atoms with Gasteiger partial charge >= 0.3 is 0 Å². The Labute approximate surface area is 118 Å². The lowest BCUT2D eigenvalue weighted by Crippen LogP contribution is -2.06. The van der Waals surface area contributed by atoms with Crippen molar-refractivity contribution in [3.05, 3.63) is 48.1 Å². The van der Waals surface area contributed by atoms with Gasteiger partial charge in [-0.15, -0.1) is 10.2 Å². The van der Waals surface area contributed by atoms with Crippen LogP contribution in [0.25, 0.3) is 5.65 Å². The molecule has 20 heavy (non-hydrogen) atoms. The van der Waals surface area contributed by atoms with Crippen LogP contribution in [0.15, 0.2) is 42.3 Å². The molecule has 5 nitrogen and oxygen atoms in total. The third-order valence-corrected chi connectivity index (χ3v) is 3.42. The zero-order valence-corrected chi connectivity index (χ0v) is 11.6. The van der Waals surface area contributed by atoms with Crippen LogP contribution in [-0.4, -0.2) is 26.4 Å². The van der Waals surface area contributed by atoms with Gasteiger partial charge in [-0.05, 0) is 43.9 Å². The van der Waals surface area contributed by atoms with E-state index in [1.54, 1.807) is 6.20 Å². The summed E-state index contributed by atoms with van der Waals surface area (Å²) in [5.74, 6) is 2.31. The monoisotopic (exact) mass is 270 g/mol. The number of hydrogen-bond donors (Lipinski definition) is 0. The number of ether oxygens (including phenoxy) is 1. The Morgan fingerprint density at radius 3 is 3.30 bits per heavy atom. The Hall–Kier alpha value is -2.17. The van der Waals surface area contributed by atoms with Crippen LogP contribution in [-0.2, 0) is 11.2 Å². The number of nitrogens with zero attached hydrogens (tertiary/aromatic N) is 4. The molecule has 2 aromatic heterocycles.